The van der Waals surface area contributed by atoms with Crippen molar-refractivity contribution in [3.8, 4) is 5.75 Å². The van der Waals surface area contributed by atoms with Gasteiger partial charge in [-0.15, -0.1) is 0 Å². The monoisotopic (exact) mass is 236 g/mol. The maximum absolute atomic E-state index is 9.18. The van der Waals surface area contributed by atoms with E-state index in [-0.39, 0.29) is 17.4 Å². The summed E-state index contributed by atoms with van der Waals surface area (Å²) >= 11 is 0. The average molecular weight is 236 g/mol. The maximum atomic E-state index is 9.18. The Bertz CT molecular complexity index is 361. The van der Waals surface area contributed by atoms with Gasteiger partial charge in [-0.1, -0.05) is 46.8 Å². The molecular formula is C15H24O2. The Morgan fingerprint density at radius 2 is 1.76 bits per heavy atom. The van der Waals surface area contributed by atoms with E-state index in [4.69, 9.17) is 4.74 Å². The number of benzene rings is 1. The topological polar surface area (TPSA) is 29.5 Å². The summed E-state index contributed by atoms with van der Waals surface area (Å²) in [4.78, 5) is 0. The molecule has 1 rings (SSSR count). The van der Waals surface area contributed by atoms with Crippen LogP contribution in [0, 0.1) is 5.41 Å². The summed E-state index contributed by atoms with van der Waals surface area (Å²) in [6, 6.07) is 8.17. The third-order valence-electron chi connectivity index (χ3n) is 2.76. The molecule has 0 heterocycles. The van der Waals surface area contributed by atoms with Crippen LogP contribution in [-0.2, 0) is 5.41 Å². The van der Waals surface area contributed by atoms with Crippen molar-refractivity contribution in [1.82, 2.24) is 0 Å². The summed E-state index contributed by atoms with van der Waals surface area (Å²) in [5, 5.41) is 9.18. The van der Waals surface area contributed by atoms with Crippen LogP contribution in [0.15, 0.2) is 24.3 Å². The summed E-state index contributed by atoms with van der Waals surface area (Å²) in [6.45, 7) is 11.2. The van der Waals surface area contributed by atoms with Gasteiger partial charge in [0, 0.05) is 5.41 Å². The number of hydrogen-bond acceptors (Lipinski definition) is 2. The highest BCUT2D eigenvalue weighted by atomic mass is 16.5. The molecule has 1 N–H and O–H groups in total. The normalized spacial score (nSPS) is 12.6. The van der Waals surface area contributed by atoms with Gasteiger partial charge in [-0.05, 0) is 23.1 Å². The van der Waals surface area contributed by atoms with Gasteiger partial charge < -0.3 is 9.84 Å². The Balaban J connectivity index is 2.74. The highest BCUT2D eigenvalue weighted by Gasteiger charge is 2.18. The van der Waals surface area contributed by atoms with Crippen LogP contribution in [0.25, 0.3) is 0 Å². The fourth-order valence-corrected chi connectivity index (χ4v) is 1.38. The fourth-order valence-electron chi connectivity index (χ4n) is 1.38. The van der Waals surface area contributed by atoms with Crippen molar-refractivity contribution in [2.45, 2.75) is 40.0 Å². The van der Waals surface area contributed by atoms with Gasteiger partial charge in [0.2, 0.25) is 0 Å². The molecule has 0 saturated carbocycles. The van der Waals surface area contributed by atoms with Gasteiger partial charge >= 0.3 is 0 Å². The predicted molar refractivity (Wildman–Crippen MR) is 71.5 cm³/mol. The molecule has 96 valence electrons. The summed E-state index contributed by atoms with van der Waals surface area (Å²) in [5.74, 6) is 0.874. The molecule has 0 atom stereocenters. The van der Waals surface area contributed by atoms with E-state index in [9.17, 15) is 5.11 Å². The van der Waals surface area contributed by atoms with E-state index >= 15 is 0 Å². The number of aliphatic hydroxyl groups is 1. The molecule has 0 bridgehead atoms. The minimum atomic E-state index is -0.197. The van der Waals surface area contributed by atoms with Crippen LogP contribution in [0.1, 0.15) is 40.2 Å². The van der Waals surface area contributed by atoms with Crippen LogP contribution in [0.4, 0.5) is 0 Å². The summed E-state index contributed by atoms with van der Waals surface area (Å²) < 4.78 is 5.74. The molecule has 0 fully saturated rings. The second-order valence-electron chi connectivity index (χ2n) is 6.39. The lowest BCUT2D eigenvalue weighted by Gasteiger charge is -2.23. The molecule has 0 aliphatic heterocycles. The average Bonchev–Trinajstić information content (AvgIpc) is 2.26. The van der Waals surface area contributed by atoms with Gasteiger partial charge in [-0.2, -0.15) is 0 Å². The van der Waals surface area contributed by atoms with Crippen LogP contribution in [0.3, 0.4) is 0 Å². The maximum Gasteiger partial charge on any atom is 0.119 e. The number of ether oxygens (including phenoxy) is 1. The molecule has 1 aromatic rings. The van der Waals surface area contributed by atoms with Crippen molar-refractivity contribution in [3.05, 3.63) is 29.8 Å². The third-order valence-corrected chi connectivity index (χ3v) is 2.76. The summed E-state index contributed by atoms with van der Waals surface area (Å²) in [5.41, 5.74) is 1.20. The van der Waals surface area contributed by atoms with E-state index in [0.717, 1.165) is 5.75 Å². The van der Waals surface area contributed by atoms with Crippen molar-refractivity contribution in [1.29, 1.82) is 0 Å². The fraction of sp³-hybridized carbons (Fsp3) is 0.600. The molecule has 17 heavy (non-hydrogen) atoms. The third kappa shape index (κ3) is 4.39. The van der Waals surface area contributed by atoms with Gasteiger partial charge in [0.15, 0.2) is 0 Å². The number of hydrogen-bond donors (Lipinski definition) is 1. The Hall–Kier alpha value is -1.02. The Morgan fingerprint density at radius 3 is 2.29 bits per heavy atom. The zero-order valence-corrected chi connectivity index (χ0v) is 11.6. The number of rotatable bonds is 4. The summed E-state index contributed by atoms with van der Waals surface area (Å²) in [7, 11) is 0. The van der Waals surface area contributed by atoms with Crippen LogP contribution in [-0.4, -0.2) is 18.3 Å². The van der Waals surface area contributed by atoms with Gasteiger partial charge in [0.25, 0.3) is 0 Å². The van der Waals surface area contributed by atoms with Crippen LogP contribution in [0.2, 0.25) is 0 Å². The molecular weight excluding hydrogens is 212 g/mol. The first-order valence-corrected chi connectivity index (χ1v) is 6.09. The molecule has 0 aromatic heterocycles. The molecule has 0 aliphatic rings. The first-order chi connectivity index (χ1) is 7.74. The van der Waals surface area contributed by atoms with E-state index in [1.165, 1.54) is 5.56 Å². The summed E-state index contributed by atoms with van der Waals surface area (Å²) in [6.07, 6.45) is 0. The van der Waals surface area contributed by atoms with Crippen LogP contribution < -0.4 is 4.74 Å². The van der Waals surface area contributed by atoms with Gasteiger partial charge in [0.05, 0.1) is 13.2 Å². The molecule has 0 amide bonds. The second kappa shape index (κ2) is 5.09. The van der Waals surface area contributed by atoms with E-state index in [1.807, 2.05) is 26.0 Å². The van der Waals surface area contributed by atoms with Gasteiger partial charge in [-0.3, -0.25) is 0 Å². The van der Waals surface area contributed by atoms with Crippen molar-refractivity contribution in [2.75, 3.05) is 13.2 Å². The van der Waals surface area contributed by atoms with E-state index in [1.54, 1.807) is 0 Å². The van der Waals surface area contributed by atoms with Crippen molar-refractivity contribution in [2.24, 2.45) is 5.41 Å². The zero-order chi connectivity index (χ0) is 13.1. The molecule has 2 nitrogen and oxygen atoms in total. The first-order valence-electron chi connectivity index (χ1n) is 6.09. The lowest BCUT2D eigenvalue weighted by molar-refractivity contribution is 0.0975. The largest absolute Gasteiger partial charge is 0.493 e. The molecule has 0 spiro atoms. The van der Waals surface area contributed by atoms with Gasteiger partial charge in [0.1, 0.15) is 5.75 Å². The van der Waals surface area contributed by atoms with Crippen LogP contribution >= 0.6 is 0 Å². The molecule has 0 unspecified atom stereocenters. The lowest BCUT2D eigenvalue weighted by atomic mass is 9.87. The standard InChI is InChI=1S/C15H24O2/c1-14(2,3)12-7-6-8-13(9-12)17-11-15(4,5)10-16/h6-9,16H,10-11H2,1-5H3. The van der Waals surface area contributed by atoms with Crippen molar-refractivity contribution >= 4 is 0 Å². The number of aliphatic hydroxyl groups excluding tert-OH is 1. The zero-order valence-electron chi connectivity index (χ0n) is 11.6. The van der Waals surface area contributed by atoms with Crippen molar-refractivity contribution < 1.29 is 9.84 Å². The highest BCUT2D eigenvalue weighted by Crippen LogP contribution is 2.26. The SMILES string of the molecule is CC(C)(CO)COc1cccc(C(C)(C)C)c1. The molecule has 0 radical (unpaired) electrons. The Labute approximate surface area is 105 Å². The van der Waals surface area contributed by atoms with Crippen LogP contribution in [0.5, 0.6) is 5.75 Å². The van der Waals surface area contributed by atoms with E-state index in [0.29, 0.717) is 6.61 Å². The van der Waals surface area contributed by atoms with Gasteiger partial charge in [-0.25, -0.2) is 0 Å². The minimum Gasteiger partial charge on any atom is -0.493 e. The molecule has 0 saturated heterocycles. The van der Waals surface area contributed by atoms with E-state index in [2.05, 4.69) is 32.9 Å². The van der Waals surface area contributed by atoms with E-state index < -0.39 is 0 Å². The minimum absolute atomic E-state index is 0.131. The Morgan fingerprint density at radius 1 is 1.12 bits per heavy atom. The highest BCUT2D eigenvalue weighted by molar-refractivity contribution is 5.32. The van der Waals surface area contributed by atoms with Crippen molar-refractivity contribution in [3.63, 3.8) is 0 Å². The molecule has 1 aromatic carbocycles. The lowest BCUT2D eigenvalue weighted by Crippen LogP contribution is -2.25. The predicted octanol–water partition coefficient (Wildman–Crippen LogP) is 3.38. The first kappa shape index (κ1) is 14.0. The smallest absolute Gasteiger partial charge is 0.119 e. The second-order valence-corrected chi connectivity index (χ2v) is 6.39. The Kier molecular flexibility index (Phi) is 4.21. The quantitative estimate of drug-likeness (QED) is 0.868. The molecule has 0 aliphatic carbocycles. The molecule has 2 heteroatoms.